The summed E-state index contributed by atoms with van der Waals surface area (Å²) in [6.45, 7) is 0. The van der Waals surface area contributed by atoms with Gasteiger partial charge in [-0.3, -0.25) is 4.79 Å². The van der Waals surface area contributed by atoms with Gasteiger partial charge in [0.25, 0.3) is 0 Å². The van der Waals surface area contributed by atoms with Crippen molar-refractivity contribution in [3.63, 3.8) is 0 Å². The van der Waals surface area contributed by atoms with E-state index in [2.05, 4.69) is 4.98 Å². The van der Waals surface area contributed by atoms with Crippen molar-refractivity contribution in [2.24, 2.45) is 5.73 Å². The van der Waals surface area contributed by atoms with Crippen LogP contribution in [0.25, 0.3) is 10.9 Å². The zero-order valence-corrected chi connectivity index (χ0v) is 8.90. The Morgan fingerprint density at radius 2 is 2.24 bits per heavy atom. The van der Waals surface area contributed by atoms with E-state index < -0.39 is 12.0 Å². The number of carbonyl (C=O) groups is 1. The fourth-order valence-electron chi connectivity index (χ4n) is 1.64. The molecule has 0 aliphatic carbocycles. The van der Waals surface area contributed by atoms with E-state index >= 15 is 0 Å². The molecule has 6 heteroatoms. The van der Waals surface area contributed by atoms with Gasteiger partial charge in [0, 0.05) is 23.5 Å². The van der Waals surface area contributed by atoms with Gasteiger partial charge in [0.05, 0.1) is 0 Å². The smallest absolute Gasteiger partial charge is 0.320 e. The van der Waals surface area contributed by atoms with Crippen molar-refractivity contribution in [2.75, 3.05) is 0 Å². The Labute approximate surface area is 96.4 Å². The maximum Gasteiger partial charge on any atom is 0.320 e. The molecule has 6 N–H and O–H groups in total. The number of carboxylic acid groups (broad SMARTS) is 1. The van der Waals surface area contributed by atoms with Crippen molar-refractivity contribution >= 4 is 16.9 Å². The zero-order valence-electron chi connectivity index (χ0n) is 8.90. The van der Waals surface area contributed by atoms with Crippen LogP contribution < -0.4 is 5.73 Å². The number of hydrogen-bond acceptors (Lipinski definition) is 2. The number of aromatic amines is 1. The molecule has 1 atom stereocenters. The summed E-state index contributed by atoms with van der Waals surface area (Å²) >= 11 is 0. The van der Waals surface area contributed by atoms with Crippen molar-refractivity contribution in [3.05, 3.63) is 35.8 Å². The summed E-state index contributed by atoms with van der Waals surface area (Å²) in [7, 11) is 0. The number of H-pyrrole nitrogens is 1. The molecule has 0 radical (unpaired) electrons. The number of nitrogens with one attached hydrogen (secondary N) is 1. The normalized spacial score (nSPS) is 12.1. The molecule has 1 aromatic heterocycles. The molecule has 2 rings (SSSR count). The molecule has 0 aliphatic heterocycles. The molecule has 0 saturated heterocycles. The van der Waals surface area contributed by atoms with Crippen molar-refractivity contribution in [3.8, 4) is 0 Å². The van der Waals surface area contributed by atoms with E-state index in [1.807, 2.05) is 0 Å². The summed E-state index contributed by atoms with van der Waals surface area (Å²) < 4.78 is 13.0. The molecule has 17 heavy (non-hydrogen) atoms. The zero-order chi connectivity index (χ0) is 11.7. The lowest BCUT2D eigenvalue weighted by Crippen LogP contribution is -2.32. The number of fused-ring (bicyclic) bond motifs is 1. The number of aliphatic carboxylic acids is 1. The van der Waals surface area contributed by atoms with Crippen LogP contribution >= 0.6 is 0 Å². The van der Waals surface area contributed by atoms with Crippen LogP contribution in [0.5, 0.6) is 0 Å². The summed E-state index contributed by atoms with van der Waals surface area (Å²) in [5, 5.41) is 9.38. The van der Waals surface area contributed by atoms with Crippen molar-refractivity contribution in [1.82, 2.24) is 4.98 Å². The number of halogens is 1. The molecule has 0 bridgehead atoms. The standard InChI is InChI=1S/C11H11FN2O2.H2O/c12-7-1-2-10-8(4-7)6(5-14-10)3-9(13)11(15)16;/h1-2,4-5,9,14H,3,13H2,(H,15,16);1H2. The number of rotatable bonds is 3. The Morgan fingerprint density at radius 3 is 2.88 bits per heavy atom. The van der Waals surface area contributed by atoms with Crippen LogP contribution in [0.2, 0.25) is 0 Å². The Balaban J connectivity index is 0.00000144. The second-order valence-corrected chi connectivity index (χ2v) is 3.65. The van der Waals surface area contributed by atoms with Crippen molar-refractivity contribution < 1.29 is 19.8 Å². The van der Waals surface area contributed by atoms with Crippen LogP contribution in [0, 0.1) is 5.82 Å². The van der Waals surface area contributed by atoms with Gasteiger partial charge < -0.3 is 21.3 Å². The van der Waals surface area contributed by atoms with E-state index in [-0.39, 0.29) is 17.7 Å². The first kappa shape index (κ1) is 13.1. The SMILES string of the molecule is NC(Cc1c[nH]c2ccc(F)cc12)C(=O)O.O. The van der Waals surface area contributed by atoms with Gasteiger partial charge in [-0.2, -0.15) is 0 Å². The van der Waals surface area contributed by atoms with Gasteiger partial charge in [-0.05, 0) is 23.8 Å². The molecule has 2 aromatic rings. The van der Waals surface area contributed by atoms with Crippen LogP contribution in [0.1, 0.15) is 5.56 Å². The highest BCUT2D eigenvalue weighted by Gasteiger charge is 2.14. The van der Waals surface area contributed by atoms with E-state index in [1.54, 1.807) is 12.3 Å². The Kier molecular flexibility index (Phi) is 3.82. The summed E-state index contributed by atoms with van der Waals surface area (Å²) in [6.07, 6.45) is 1.84. The first-order chi connectivity index (χ1) is 7.58. The largest absolute Gasteiger partial charge is 0.480 e. The molecule has 0 amide bonds. The lowest BCUT2D eigenvalue weighted by molar-refractivity contribution is -0.138. The number of nitrogens with two attached hydrogens (primary N) is 1. The monoisotopic (exact) mass is 240 g/mol. The summed E-state index contributed by atoms with van der Waals surface area (Å²) in [4.78, 5) is 13.6. The third-order valence-electron chi connectivity index (χ3n) is 2.49. The van der Waals surface area contributed by atoms with Crippen LogP contribution in [0.3, 0.4) is 0 Å². The van der Waals surface area contributed by atoms with Gasteiger partial charge in [0.15, 0.2) is 0 Å². The van der Waals surface area contributed by atoms with E-state index in [0.717, 1.165) is 5.52 Å². The fraction of sp³-hybridized carbons (Fsp3) is 0.182. The topological polar surface area (TPSA) is 111 Å². The van der Waals surface area contributed by atoms with E-state index in [0.29, 0.717) is 10.9 Å². The minimum atomic E-state index is -1.06. The predicted molar refractivity (Wildman–Crippen MR) is 61.2 cm³/mol. The van der Waals surface area contributed by atoms with Gasteiger partial charge in [-0.15, -0.1) is 0 Å². The second kappa shape index (κ2) is 4.94. The van der Waals surface area contributed by atoms with Crippen molar-refractivity contribution in [1.29, 1.82) is 0 Å². The van der Waals surface area contributed by atoms with Gasteiger partial charge >= 0.3 is 5.97 Å². The molecule has 0 saturated carbocycles. The maximum absolute atomic E-state index is 13.0. The predicted octanol–water partition coefficient (Wildman–Crippen LogP) is 0.437. The summed E-state index contributed by atoms with van der Waals surface area (Å²) in [5.41, 5.74) is 6.91. The number of hydrogen-bond donors (Lipinski definition) is 3. The van der Waals surface area contributed by atoms with E-state index in [9.17, 15) is 9.18 Å². The first-order valence-corrected chi connectivity index (χ1v) is 4.82. The van der Waals surface area contributed by atoms with Gasteiger partial charge in [-0.25, -0.2) is 4.39 Å². The summed E-state index contributed by atoms with van der Waals surface area (Å²) in [5.74, 6) is -1.41. The number of aromatic nitrogens is 1. The highest BCUT2D eigenvalue weighted by atomic mass is 19.1. The average Bonchev–Trinajstić information content (AvgIpc) is 2.61. The molecule has 1 heterocycles. The number of carboxylic acids is 1. The molecule has 0 aliphatic rings. The lowest BCUT2D eigenvalue weighted by atomic mass is 10.1. The number of benzene rings is 1. The average molecular weight is 240 g/mol. The first-order valence-electron chi connectivity index (χ1n) is 4.82. The molecular weight excluding hydrogens is 227 g/mol. The van der Waals surface area contributed by atoms with Gasteiger partial charge in [0.1, 0.15) is 11.9 Å². The maximum atomic E-state index is 13.0. The molecule has 1 unspecified atom stereocenters. The van der Waals surface area contributed by atoms with Crippen molar-refractivity contribution in [2.45, 2.75) is 12.5 Å². The van der Waals surface area contributed by atoms with Gasteiger partial charge in [0.2, 0.25) is 0 Å². The molecule has 1 aromatic carbocycles. The fourth-order valence-corrected chi connectivity index (χ4v) is 1.64. The highest BCUT2D eigenvalue weighted by Crippen LogP contribution is 2.20. The Hall–Kier alpha value is -1.92. The lowest BCUT2D eigenvalue weighted by Gasteiger charge is -2.04. The Morgan fingerprint density at radius 1 is 1.53 bits per heavy atom. The van der Waals surface area contributed by atoms with E-state index in [4.69, 9.17) is 10.8 Å². The van der Waals surface area contributed by atoms with Crippen LogP contribution in [0.4, 0.5) is 4.39 Å². The third kappa shape index (κ3) is 2.61. The van der Waals surface area contributed by atoms with Crippen LogP contribution in [-0.2, 0) is 11.2 Å². The third-order valence-corrected chi connectivity index (χ3v) is 2.49. The van der Waals surface area contributed by atoms with Gasteiger partial charge in [-0.1, -0.05) is 0 Å². The minimum absolute atomic E-state index is 0. The molecule has 0 spiro atoms. The quantitative estimate of drug-likeness (QED) is 0.723. The Bertz CT molecular complexity index is 538. The second-order valence-electron chi connectivity index (χ2n) is 3.65. The molecule has 92 valence electrons. The summed E-state index contributed by atoms with van der Waals surface area (Å²) in [6, 6.07) is 3.36. The minimum Gasteiger partial charge on any atom is -0.480 e. The molecule has 0 fully saturated rings. The van der Waals surface area contributed by atoms with Crippen LogP contribution in [-0.4, -0.2) is 27.6 Å². The highest BCUT2D eigenvalue weighted by molar-refractivity contribution is 5.84. The molecular formula is C11H13FN2O3. The van der Waals surface area contributed by atoms with E-state index in [1.165, 1.54) is 12.1 Å². The van der Waals surface area contributed by atoms with Crippen LogP contribution in [0.15, 0.2) is 24.4 Å². The molecule has 5 nitrogen and oxygen atoms in total.